The van der Waals surface area contributed by atoms with Crippen molar-refractivity contribution in [3.63, 3.8) is 0 Å². The van der Waals surface area contributed by atoms with E-state index in [4.69, 9.17) is 10.5 Å². The number of ether oxygens (including phenoxy) is 1. The van der Waals surface area contributed by atoms with Crippen molar-refractivity contribution in [3.05, 3.63) is 16.7 Å². The first kappa shape index (κ1) is 24.8. The summed E-state index contributed by atoms with van der Waals surface area (Å²) in [6.45, 7) is 2.48. The second-order valence-electron chi connectivity index (χ2n) is 8.13. The fraction of sp³-hybridized carbons (Fsp3) is 0.727. The topological polar surface area (TPSA) is 136 Å². The number of imidazole rings is 1. The molecule has 0 aliphatic rings. The maximum Gasteiger partial charge on any atom is 0.305 e. The molecule has 0 aliphatic heterocycles. The first-order valence-electron chi connectivity index (χ1n) is 11.5. The Morgan fingerprint density at radius 2 is 1.87 bits per heavy atom. The molecule has 0 fully saturated rings. The fourth-order valence-electron chi connectivity index (χ4n) is 3.64. The zero-order valence-electron chi connectivity index (χ0n) is 18.6. The molecule has 2 rings (SSSR count). The summed E-state index contributed by atoms with van der Waals surface area (Å²) in [6, 6.07) is 0. The zero-order chi connectivity index (χ0) is 22.5. The Labute approximate surface area is 183 Å². The lowest BCUT2D eigenvalue weighted by Crippen LogP contribution is -2.30. The summed E-state index contributed by atoms with van der Waals surface area (Å²) in [7, 11) is 0. The summed E-state index contributed by atoms with van der Waals surface area (Å²) in [5.74, 6) is -0.429. The highest BCUT2D eigenvalue weighted by Gasteiger charge is 2.17. The monoisotopic (exact) mass is 435 g/mol. The Kier molecular flexibility index (Phi) is 11.1. The molecule has 9 nitrogen and oxygen atoms in total. The van der Waals surface area contributed by atoms with Crippen LogP contribution in [0.4, 0.5) is 5.95 Å². The molecule has 0 saturated heterocycles. The van der Waals surface area contributed by atoms with Gasteiger partial charge in [0.15, 0.2) is 11.2 Å². The number of esters is 1. The van der Waals surface area contributed by atoms with E-state index in [0.29, 0.717) is 12.8 Å². The normalized spacial score (nSPS) is 12.3. The lowest BCUT2D eigenvalue weighted by atomic mass is 10.1. The fourth-order valence-corrected chi connectivity index (χ4v) is 3.64. The highest BCUT2D eigenvalue weighted by atomic mass is 16.5. The molecule has 4 N–H and O–H groups in total. The van der Waals surface area contributed by atoms with Gasteiger partial charge in [0.25, 0.3) is 5.56 Å². The van der Waals surface area contributed by atoms with Crippen LogP contribution in [0.15, 0.2) is 11.1 Å². The first-order valence-corrected chi connectivity index (χ1v) is 11.5. The van der Waals surface area contributed by atoms with E-state index in [0.717, 1.165) is 19.3 Å². The van der Waals surface area contributed by atoms with E-state index in [1.165, 1.54) is 49.4 Å². The van der Waals surface area contributed by atoms with Gasteiger partial charge >= 0.3 is 5.97 Å². The van der Waals surface area contributed by atoms with Gasteiger partial charge in [-0.3, -0.25) is 14.2 Å². The van der Waals surface area contributed by atoms with Gasteiger partial charge < -0.3 is 20.6 Å². The summed E-state index contributed by atoms with van der Waals surface area (Å²) in [5.41, 5.74) is 6.13. The van der Waals surface area contributed by atoms with E-state index >= 15 is 0 Å². The predicted molar refractivity (Wildman–Crippen MR) is 121 cm³/mol. The number of nitrogens with zero attached hydrogens (tertiary/aromatic N) is 3. The van der Waals surface area contributed by atoms with Crippen LogP contribution in [-0.2, 0) is 16.1 Å². The van der Waals surface area contributed by atoms with Crippen LogP contribution in [0.1, 0.15) is 77.6 Å². The second-order valence-corrected chi connectivity index (χ2v) is 8.13. The standard InChI is InChI=1S/C22H37N5O4/c1-2-3-4-5-6-7-8-9-10-11-18(29)31-15-17(12-13-28)14-27-21(30)19-20(25-16-24-19)26-22(27)23/h16-17,28H,2-15H2,1H3,(H2,23,26)(H,24,25). The Morgan fingerprint density at radius 1 is 1.19 bits per heavy atom. The van der Waals surface area contributed by atoms with Gasteiger partial charge in [-0.2, -0.15) is 4.98 Å². The van der Waals surface area contributed by atoms with Crippen LogP contribution in [0.3, 0.4) is 0 Å². The van der Waals surface area contributed by atoms with Gasteiger partial charge in [0.2, 0.25) is 5.95 Å². The third-order valence-electron chi connectivity index (χ3n) is 5.52. The van der Waals surface area contributed by atoms with E-state index in [9.17, 15) is 14.7 Å². The van der Waals surface area contributed by atoms with Crippen molar-refractivity contribution in [2.45, 2.75) is 84.1 Å². The van der Waals surface area contributed by atoms with Crippen LogP contribution in [0, 0.1) is 5.92 Å². The molecular weight excluding hydrogens is 398 g/mol. The number of H-pyrrole nitrogens is 1. The maximum absolute atomic E-state index is 12.6. The lowest BCUT2D eigenvalue weighted by Gasteiger charge is -2.18. The van der Waals surface area contributed by atoms with Crippen molar-refractivity contribution in [3.8, 4) is 0 Å². The number of nitrogen functional groups attached to an aromatic ring is 1. The summed E-state index contributed by atoms with van der Waals surface area (Å²) < 4.78 is 6.73. The van der Waals surface area contributed by atoms with Gasteiger partial charge in [0, 0.05) is 25.5 Å². The molecule has 174 valence electrons. The summed E-state index contributed by atoms with van der Waals surface area (Å²) in [6.07, 6.45) is 12.9. The van der Waals surface area contributed by atoms with Crippen LogP contribution in [0.2, 0.25) is 0 Å². The number of anilines is 1. The number of nitrogens with one attached hydrogen (secondary N) is 1. The predicted octanol–water partition coefficient (Wildman–Crippen LogP) is 3.16. The molecule has 9 heteroatoms. The molecule has 2 aromatic rings. The molecule has 1 unspecified atom stereocenters. The summed E-state index contributed by atoms with van der Waals surface area (Å²) >= 11 is 0. The van der Waals surface area contributed by atoms with Crippen molar-refractivity contribution in [1.82, 2.24) is 19.5 Å². The number of hydrogen-bond acceptors (Lipinski definition) is 7. The number of fused-ring (bicyclic) bond motifs is 1. The molecule has 1 atom stereocenters. The average molecular weight is 436 g/mol. The molecular formula is C22H37N5O4. The number of unbranched alkanes of at least 4 members (excludes halogenated alkanes) is 8. The number of nitrogens with two attached hydrogens (primary N) is 1. The lowest BCUT2D eigenvalue weighted by molar-refractivity contribution is -0.145. The van der Waals surface area contributed by atoms with Crippen LogP contribution in [-0.4, -0.2) is 43.8 Å². The third kappa shape index (κ3) is 8.32. The molecule has 0 aromatic carbocycles. The van der Waals surface area contributed by atoms with Crippen molar-refractivity contribution in [1.29, 1.82) is 0 Å². The average Bonchev–Trinajstić information content (AvgIpc) is 3.22. The highest BCUT2D eigenvalue weighted by molar-refractivity contribution is 5.70. The minimum Gasteiger partial charge on any atom is -0.465 e. The molecule has 0 amide bonds. The van der Waals surface area contributed by atoms with E-state index in [1.807, 2.05) is 0 Å². The van der Waals surface area contributed by atoms with Gasteiger partial charge in [-0.1, -0.05) is 58.3 Å². The van der Waals surface area contributed by atoms with Crippen molar-refractivity contribution in [2.75, 3.05) is 18.9 Å². The number of rotatable bonds is 16. The van der Waals surface area contributed by atoms with Crippen LogP contribution in [0.25, 0.3) is 11.2 Å². The molecule has 0 spiro atoms. The number of aliphatic hydroxyl groups is 1. The number of aliphatic hydroxyl groups excluding tert-OH is 1. The molecule has 0 bridgehead atoms. The number of carbonyl (C=O) groups excluding carboxylic acids is 1. The smallest absolute Gasteiger partial charge is 0.305 e. The minimum absolute atomic E-state index is 0.0496. The van der Waals surface area contributed by atoms with Gasteiger partial charge in [0.1, 0.15) is 0 Å². The molecule has 0 radical (unpaired) electrons. The number of carbonyl (C=O) groups is 1. The first-order chi connectivity index (χ1) is 15.1. The minimum atomic E-state index is -0.330. The Morgan fingerprint density at radius 3 is 2.55 bits per heavy atom. The second kappa shape index (κ2) is 13.8. The Balaban J connectivity index is 1.72. The van der Waals surface area contributed by atoms with Gasteiger partial charge in [0.05, 0.1) is 12.9 Å². The molecule has 0 aliphatic carbocycles. The quantitative estimate of drug-likeness (QED) is 0.272. The van der Waals surface area contributed by atoms with Crippen molar-refractivity contribution < 1.29 is 14.6 Å². The van der Waals surface area contributed by atoms with Crippen LogP contribution in [0.5, 0.6) is 0 Å². The van der Waals surface area contributed by atoms with Crippen molar-refractivity contribution >= 4 is 23.1 Å². The van der Waals surface area contributed by atoms with Crippen molar-refractivity contribution in [2.24, 2.45) is 5.92 Å². The molecule has 0 saturated carbocycles. The number of aromatic nitrogens is 4. The van der Waals surface area contributed by atoms with Crippen LogP contribution >= 0.6 is 0 Å². The van der Waals surface area contributed by atoms with Gasteiger partial charge in [-0.15, -0.1) is 0 Å². The third-order valence-corrected chi connectivity index (χ3v) is 5.52. The van der Waals surface area contributed by atoms with Crippen LogP contribution < -0.4 is 11.3 Å². The Bertz CT molecular complexity index is 848. The van der Waals surface area contributed by atoms with E-state index in [-0.39, 0.29) is 54.3 Å². The van der Waals surface area contributed by atoms with E-state index in [2.05, 4.69) is 21.9 Å². The summed E-state index contributed by atoms with van der Waals surface area (Å²) in [5, 5.41) is 9.36. The van der Waals surface area contributed by atoms with Gasteiger partial charge in [-0.05, 0) is 12.8 Å². The highest BCUT2D eigenvalue weighted by Crippen LogP contribution is 2.13. The number of aromatic amines is 1. The maximum atomic E-state index is 12.6. The van der Waals surface area contributed by atoms with Gasteiger partial charge in [-0.25, -0.2) is 4.98 Å². The van der Waals surface area contributed by atoms with E-state index in [1.54, 1.807) is 0 Å². The Hall–Kier alpha value is -2.42. The summed E-state index contributed by atoms with van der Waals surface area (Å²) in [4.78, 5) is 35.5. The number of hydrogen-bond donors (Lipinski definition) is 3. The molecule has 31 heavy (non-hydrogen) atoms. The molecule has 2 aromatic heterocycles. The largest absolute Gasteiger partial charge is 0.465 e. The molecule has 2 heterocycles. The SMILES string of the molecule is CCCCCCCCCCCC(=O)OCC(CCO)Cn1c(N)nc2nc[nH]c2c1=O. The van der Waals surface area contributed by atoms with E-state index < -0.39 is 0 Å². The zero-order valence-corrected chi connectivity index (χ0v) is 18.6.